The fourth-order valence-corrected chi connectivity index (χ4v) is 1.77. The number of thioether (sulfide) groups is 1. The molecule has 1 rings (SSSR count). The summed E-state index contributed by atoms with van der Waals surface area (Å²) in [6.45, 7) is 0. The molecule has 8 heteroatoms. The first-order chi connectivity index (χ1) is 8.64. The maximum absolute atomic E-state index is 11.3. The van der Waals surface area contributed by atoms with Crippen LogP contribution in [-0.2, 0) is 14.3 Å². The Balaban J connectivity index is 2.94. The Hall–Kier alpha value is -1.83. The van der Waals surface area contributed by atoms with Crippen LogP contribution in [0.1, 0.15) is 0 Å². The van der Waals surface area contributed by atoms with Gasteiger partial charge < -0.3 is 19.0 Å². The van der Waals surface area contributed by atoms with Crippen LogP contribution in [0.4, 0.5) is 0 Å². The molecular formula is C10H12N2O5S. The Labute approximate surface area is 108 Å². The van der Waals surface area contributed by atoms with Gasteiger partial charge in [-0.25, -0.2) is 0 Å². The summed E-state index contributed by atoms with van der Waals surface area (Å²) in [6.07, 6.45) is 0.464. The molecule has 18 heavy (non-hydrogen) atoms. The lowest BCUT2D eigenvalue weighted by Crippen LogP contribution is -2.20. The summed E-state index contributed by atoms with van der Waals surface area (Å²) in [7, 11) is 4.08. The van der Waals surface area contributed by atoms with Crippen molar-refractivity contribution in [3.05, 3.63) is 6.07 Å². The van der Waals surface area contributed by atoms with Crippen molar-refractivity contribution in [1.29, 1.82) is 0 Å². The second-order valence-corrected chi connectivity index (χ2v) is 4.04. The van der Waals surface area contributed by atoms with Crippen molar-refractivity contribution < 1.29 is 23.8 Å². The van der Waals surface area contributed by atoms with E-state index >= 15 is 0 Å². The maximum atomic E-state index is 11.3. The van der Waals surface area contributed by atoms with Gasteiger partial charge >= 0.3 is 5.97 Å². The number of methoxy groups -OCH3 is 3. The number of carbonyl (C=O) groups excluding carboxylic acids is 2. The molecule has 0 aliphatic heterocycles. The van der Waals surface area contributed by atoms with E-state index in [1.165, 1.54) is 27.4 Å². The van der Waals surface area contributed by atoms with Crippen LogP contribution >= 0.6 is 11.8 Å². The molecule has 0 fully saturated rings. The molecule has 0 saturated carbocycles. The Morgan fingerprint density at radius 2 is 1.83 bits per heavy atom. The molecular weight excluding hydrogens is 260 g/mol. The first kappa shape index (κ1) is 14.2. The number of ether oxygens (including phenoxy) is 3. The normalized spacial score (nSPS) is 11.5. The molecule has 0 bridgehead atoms. The fraction of sp³-hybridized carbons (Fsp3) is 0.400. The molecule has 98 valence electrons. The zero-order chi connectivity index (χ0) is 13.5. The molecule has 0 radical (unpaired) electrons. The average Bonchev–Trinajstić information content (AvgIpc) is 2.43. The number of hydrogen-bond donors (Lipinski definition) is 0. The van der Waals surface area contributed by atoms with E-state index in [9.17, 15) is 9.59 Å². The Morgan fingerprint density at radius 1 is 1.28 bits per heavy atom. The largest absolute Gasteiger partial charge is 0.481 e. The SMILES string of the molecule is COC(=O)C(C=O)Sc1nc(OC)cc(OC)n1. The van der Waals surface area contributed by atoms with Crippen molar-refractivity contribution in [2.75, 3.05) is 21.3 Å². The second kappa shape index (κ2) is 6.80. The second-order valence-electron chi connectivity index (χ2n) is 2.93. The van der Waals surface area contributed by atoms with Crippen LogP contribution in [0.15, 0.2) is 11.2 Å². The van der Waals surface area contributed by atoms with Crippen LogP contribution < -0.4 is 9.47 Å². The van der Waals surface area contributed by atoms with Crippen molar-refractivity contribution in [1.82, 2.24) is 9.97 Å². The van der Waals surface area contributed by atoms with Gasteiger partial charge in [0.25, 0.3) is 0 Å². The lowest BCUT2D eigenvalue weighted by Gasteiger charge is -2.08. The topological polar surface area (TPSA) is 87.6 Å². The van der Waals surface area contributed by atoms with Gasteiger partial charge in [0.05, 0.1) is 27.4 Å². The van der Waals surface area contributed by atoms with Gasteiger partial charge in [0.1, 0.15) is 6.29 Å². The van der Waals surface area contributed by atoms with Gasteiger partial charge in [-0.05, 0) is 0 Å². The van der Waals surface area contributed by atoms with Crippen LogP contribution in [0.3, 0.4) is 0 Å². The van der Waals surface area contributed by atoms with E-state index < -0.39 is 11.2 Å². The van der Waals surface area contributed by atoms with Gasteiger partial charge in [-0.1, -0.05) is 11.8 Å². The first-order valence-electron chi connectivity index (χ1n) is 4.81. The highest BCUT2D eigenvalue weighted by Crippen LogP contribution is 2.24. The lowest BCUT2D eigenvalue weighted by molar-refractivity contribution is -0.140. The number of aldehydes is 1. The number of carbonyl (C=O) groups is 2. The zero-order valence-corrected chi connectivity index (χ0v) is 10.9. The van der Waals surface area contributed by atoms with Crippen molar-refractivity contribution >= 4 is 24.0 Å². The van der Waals surface area contributed by atoms with Gasteiger partial charge in [0.15, 0.2) is 10.4 Å². The molecule has 0 saturated heterocycles. The molecule has 1 atom stereocenters. The summed E-state index contributed by atoms with van der Waals surface area (Å²) in [5.74, 6) is -0.113. The molecule has 0 amide bonds. The summed E-state index contributed by atoms with van der Waals surface area (Å²) in [5.41, 5.74) is 0. The number of hydrogen-bond acceptors (Lipinski definition) is 8. The highest BCUT2D eigenvalue weighted by molar-refractivity contribution is 8.01. The Morgan fingerprint density at radius 3 is 2.22 bits per heavy atom. The molecule has 0 N–H and O–H groups in total. The smallest absolute Gasteiger partial charge is 0.326 e. The number of esters is 1. The van der Waals surface area contributed by atoms with E-state index in [2.05, 4.69) is 14.7 Å². The quantitative estimate of drug-likeness (QED) is 0.241. The third kappa shape index (κ3) is 3.59. The van der Waals surface area contributed by atoms with Gasteiger partial charge in [0.2, 0.25) is 11.8 Å². The first-order valence-corrected chi connectivity index (χ1v) is 5.69. The molecule has 7 nitrogen and oxygen atoms in total. The Bertz CT molecular complexity index is 418. The summed E-state index contributed by atoms with van der Waals surface area (Å²) in [6, 6.07) is 1.48. The number of nitrogens with zero attached hydrogens (tertiary/aromatic N) is 2. The maximum Gasteiger partial charge on any atom is 0.326 e. The molecule has 0 aliphatic rings. The predicted octanol–water partition coefficient (Wildman–Crippen LogP) is 0.326. The predicted molar refractivity (Wildman–Crippen MR) is 62.9 cm³/mol. The van der Waals surface area contributed by atoms with E-state index in [1.807, 2.05) is 0 Å². The van der Waals surface area contributed by atoms with E-state index in [1.54, 1.807) is 0 Å². The van der Waals surface area contributed by atoms with Gasteiger partial charge in [-0.2, -0.15) is 9.97 Å². The minimum absolute atomic E-state index is 0.189. The molecule has 1 aromatic heterocycles. The summed E-state index contributed by atoms with van der Waals surface area (Å²) in [4.78, 5) is 30.0. The third-order valence-corrected chi connectivity index (χ3v) is 2.82. The van der Waals surface area contributed by atoms with Crippen LogP contribution in [0, 0.1) is 0 Å². The zero-order valence-electron chi connectivity index (χ0n) is 10.1. The van der Waals surface area contributed by atoms with Crippen LogP contribution in [-0.4, -0.2) is 48.8 Å². The van der Waals surface area contributed by atoms with E-state index in [0.717, 1.165) is 11.8 Å². The highest BCUT2D eigenvalue weighted by Gasteiger charge is 2.22. The van der Waals surface area contributed by atoms with Crippen molar-refractivity contribution in [2.24, 2.45) is 0 Å². The molecule has 1 unspecified atom stereocenters. The van der Waals surface area contributed by atoms with Crippen molar-refractivity contribution in [3.63, 3.8) is 0 Å². The third-order valence-electron chi connectivity index (χ3n) is 1.87. The minimum atomic E-state index is -1.02. The molecule has 0 aromatic carbocycles. The number of aromatic nitrogens is 2. The summed E-state index contributed by atoms with van der Waals surface area (Å²) in [5, 5.41) is -0.833. The van der Waals surface area contributed by atoms with Gasteiger partial charge in [-0.3, -0.25) is 4.79 Å². The fourth-order valence-electron chi connectivity index (χ4n) is 1.01. The lowest BCUT2D eigenvalue weighted by atomic mass is 10.5. The van der Waals surface area contributed by atoms with Gasteiger partial charge in [-0.15, -0.1) is 0 Å². The summed E-state index contributed by atoms with van der Waals surface area (Å²) < 4.78 is 14.4. The minimum Gasteiger partial charge on any atom is -0.481 e. The standard InChI is InChI=1S/C10H12N2O5S/c1-15-7-4-8(16-2)12-10(11-7)18-6(5-13)9(14)17-3/h4-6H,1-3H3. The summed E-state index contributed by atoms with van der Waals surface area (Å²) >= 11 is 0.856. The van der Waals surface area contributed by atoms with Crippen LogP contribution in [0.5, 0.6) is 11.8 Å². The number of rotatable bonds is 6. The van der Waals surface area contributed by atoms with E-state index in [0.29, 0.717) is 6.29 Å². The Kier molecular flexibility index (Phi) is 5.37. The molecule has 0 spiro atoms. The van der Waals surface area contributed by atoms with E-state index in [4.69, 9.17) is 9.47 Å². The molecule has 1 aromatic rings. The van der Waals surface area contributed by atoms with E-state index in [-0.39, 0.29) is 16.9 Å². The van der Waals surface area contributed by atoms with Crippen molar-refractivity contribution in [3.8, 4) is 11.8 Å². The molecule has 1 heterocycles. The van der Waals surface area contributed by atoms with Gasteiger partial charge in [0, 0.05) is 0 Å². The monoisotopic (exact) mass is 272 g/mol. The highest BCUT2D eigenvalue weighted by atomic mass is 32.2. The van der Waals surface area contributed by atoms with Crippen LogP contribution in [0.25, 0.3) is 0 Å². The average molecular weight is 272 g/mol. The molecule has 0 aliphatic carbocycles. The van der Waals surface area contributed by atoms with Crippen LogP contribution in [0.2, 0.25) is 0 Å². The van der Waals surface area contributed by atoms with Crippen molar-refractivity contribution in [2.45, 2.75) is 10.4 Å².